The number of rotatable bonds is 3. The highest BCUT2D eigenvalue weighted by molar-refractivity contribution is 6.38. The van der Waals surface area contributed by atoms with Gasteiger partial charge in [0.05, 0.1) is 30.2 Å². The predicted octanol–water partition coefficient (Wildman–Crippen LogP) is 4.20. The van der Waals surface area contributed by atoms with E-state index < -0.39 is 5.97 Å². The molecule has 2 aliphatic rings. The minimum atomic E-state index is -0.549. The number of halogens is 2. The standard InChI is InChI=1S/C19H19Cl2NO3/c1-11-13-6-4-3-5-12(13)10-22(11)17(23)9-15-16(20)8-7-14(18(15)21)19(24)25-2/h4,6-8,11H,3,5,9-10H2,1-2H3. The summed E-state index contributed by atoms with van der Waals surface area (Å²) in [4.78, 5) is 26.5. The SMILES string of the molecule is COC(=O)c1ccc(Cl)c(CC(=O)N2CC3=C(C=CCC3)C2C)c1Cl. The molecule has 1 heterocycles. The lowest BCUT2D eigenvalue weighted by molar-refractivity contribution is -0.130. The van der Waals surface area contributed by atoms with Crippen LogP contribution in [0.4, 0.5) is 0 Å². The van der Waals surface area contributed by atoms with Gasteiger partial charge >= 0.3 is 5.97 Å². The number of benzene rings is 1. The van der Waals surface area contributed by atoms with Gasteiger partial charge in [0.1, 0.15) is 0 Å². The fourth-order valence-corrected chi connectivity index (χ4v) is 4.01. The Labute approximate surface area is 157 Å². The van der Waals surface area contributed by atoms with Gasteiger partial charge in [-0.15, -0.1) is 0 Å². The van der Waals surface area contributed by atoms with Gasteiger partial charge in [-0.05, 0) is 48.6 Å². The summed E-state index contributed by atoms with van der Waals surface area (Å²) < 4.78 is 4.72. The number of hydrogen-bond donors (Lipinski definition) is 0. The van der Waals surface area contributed by atoms with E-state index in [1.807, 2.05) is 11.8 Å². The summed E-state index contributed by atoms with van der Waals surface area (Å²) >= 11 is 12.5. The van der Waals surface area contributed by atoms with E-state index in [1.165, 1.54) is 24.3 Å². The molecule has 1 aromatic carbocycles. The van der Waals surface area contributed by atoms with Crippen molar-refractivity contribution in [3.05, 3.63) is 56.6 Å². The van der Waals surface area contributed by atoms with E-state index in [0.29, 0.717) is 17.1 Å². The van der Waals surface area contributed by atoms with Crippen LogP contribution >= 0.6 is 23.2 Å². The molecule has 0 bridgehead atoms. The quantitative estimate of drug-likeness (QED) is 0.739. The van der Waals surface area contributed by atoms with Crippen LogP contribution in [-0.4, -0.2) is 36.5 Å². The van der Waals surface area contributed by atoms with Gasteiger partial charge in [-0.1, -0.05) is 35.4 Å². The first kappa shape index (κ1) is 18.0. The topological polar surface area (TPSA) is 46.6 Å². The van der Waals surface area contributed by atoms with Crippen LogP contribution in [0.15, 0.2) is 35.4 Å². The van der Waals surface area contributed by atoms with Crippen molar-refractivity contribution in [3.8, 4) is 0 Å². The minimum absolute atomic E-state index is 0.0420. The fraction of sp³-hybridized carbons (Fsp3) is 0.368. The summed E-state index contributed by atoms with van der Waals surface area (Å²) in [5.74, 6) is -0.603. The Morgan fingerprint density at radius 3 is 2.76 bits per heavy atom. The highest BCUT2D eigenvalue weighted by Crippen LogP contribution is 2.34. The van der Waals surface area contributed by atoms with Crippen LogP contribution < -0.4 is 0 Å². The molecule has 6 heteroatoms. The number of amides is 1. The van der Waals surface area contributed by atoms with E-state index in [1.54, 1.807) is 6.07 Å². The maximum atomic E-state index is 12.9. The lowest BCUT2D eigenvalue weighted by Gasteiger charge is -2.24. The molecular formula is C19H19Cl2NO3. The molecule has 4 nitrogen and oxygen atoms in total. The number of carbonyl (C=O) groups is 2. The number of allylic oxidation sites excluding steroid dienone is 1. The molecule has 1 aliphatic carbocycles. The summed E-state index contributed by atoms with van der Waals surface area (Å²) in [6, 6.07) is 3.12. The molecule has 0 spiro atoms. The number of esters is 1. The van der Waals surface area contributed by atoms with Crippen molar-refractivity contribution in [2.45, 2.75) is 32.2 Å². The zero-order chi connectivity index (χ0) is 18.1. The largest absolute Gasteiger partial charge is 0.465 e. The minimum Gasteiger partial charge on any atom is -0.465 e. The molecule has 0 saturated heterocycles. The molecule has 1 unspecified atom stereocenters. The zero-order valence-electron chi connectivity index (χ0n) is 14.1. The second-order valence-electron chi connectivity index (χ2n) is 6.25. The second-order valence-corrected chi connectivity index (χ2v) is 7.04. The molecule has 1 amide bonds. The van der Waals surface area contributed by atoms with E-state index in [9.17, 15) is 9.59 Å². The first-order valence-electron chi connectivity index (χ1n) is 8.17. The molecule has 0 saturated carbocycles. The van der Waals surface area contributed by atoms with Gasteiger partial charge in [0.15, 0.2) is 0 Å². The predicted molar refractivity (Wildman–Crippen MR) is 98.1 cm³/mol. The third-order valence-electron chi connectivity index (χ3n) is 4.84. The van der Waals surface area contributed by atoms with Gasteiger partial charge in [-0.25, -0.2) is 4.79 Å². The van der Waals surface area contributed by atoms with Gasteiger partial charge in [-0.3, -0.25) is 4.79 Å². The van der Waals surface area contributed by atoms with Crippen molar-refractivity contribution in [2.75, 3.05) is 13.7 Å². The third kappa shape index (κ3) is 3.33. The highest BCUT2D eigenvalue weighted by atomic mass is 35.5. The average Bonchev–Trinajstić information content (AvgIpc) is 2.95. The highest BCUT2D eigenvalue weighted by Gasteiger charge is 2.32. The van der Waals surface area contributed by atoms with Crippen molar-refractivity contribution in [1.29, 1.82) is 0 Å². The smallest absolute Gasteiger partial charge is 0.339 e. The molecule has 0 fully saturated rings. The molecule has 0 N–H and O–H groups in total. The van der Waals surface area contributed by atoms with E-state index >= 15 is 0 Å². The summed E-state index contributed by atoms with van der Waals surface area (Å²) in [6.07, 6.45) is 6.34. The molecule has 0 radical (unpaired) electrons. The fourth-order valence-electron chi connectivity index (χ4n) is 3.43. The maximum Gasteiger partial charge on any atom is 0.339 e. The number of hydrogen-bond acceptors (Lipinski definition) is 3. The summed E-state index contributed by atoms with van der Waals surface area (Å²) in [7, 11) is 1.29. The number of nitrogens with zero attached hydrogens (tertiary/aromatic N) is 1. The average molecular weight is 380 g/mol. The van der Waals surface area contributed by atoms with E-state index in [0.717, 1.165) is 12.8 Å². The second kappa shape index (κ2) is 7.22. The number of carbonyl (C=O) groups excluding carboxylic acids is 2. The third-order valence-corrected chi connectivity index (χ3v) is 5.62. The lowest BCUT2D eigenvalue weighted by Crippen LogP contribution is -2.36. The van der Waals surface area contributed by atoms with Crippen LogP contribution in [0.25, 0.3) is 0 Å². The van der Waals surface area contributed by atoms with Crippen LogP contribution in [0.5, 0.6) is 0 Å². The zero-order valence-corrected chi connectivity index (χ0v) is 15.7. The Hall–Kier alpha value is -1.78. The van der Waals surface area contributed by atoms with E-state index in [-0.39, 0.29) is 29.0 Å². The van der Waals surface area contributed by atoms with Gasteiger partial charge in [-0.2, -0.15) is 0 Å². The van der Waals surface area contributed by atoms with Gasteiger partial charge in [0.2, 0.25) is 5.91 Å². The van der Waals surface area contributed by atoms with Crippen LogP contribution in [-0.2, 0) is 16.0 Å². The Morgan fingerprint density at radius 2 is 2.08 bits per heavy atom. The summed E-state index contributed by atoms with van der Waals surface area (Å²) in [5.41, 5.74) is 3.24. The van der Waals surface area contributed by atoms with Crippen molar-refractivity contribution in [2.24, 2.45) is 0 Å². The molecule has 132 valence electrons. The normalized spacial score (nSPS) is 19.2. The Balaban J connectivity index is 1.82. The van der Waals surface area contributed by atoms with Gasteiger partial charge in [0.25, 0.3) is 0 Å². The molecule has 1 aromatic rings. The molecule has 0 aromatic heterocycles. The van der Waals surface area contributed by atoms with E-state index in [2.05, 4.69) is 12.2 Å². The summed E-state index contributed by atoms with van der Waals surface area (Å²) in [6.45, 7) is 2.68. The lowest BCUT2D eigenvalue weighted by atomic mass is 9.97. The first-order chi connectivity index (χ1) is 11.9. The molecule has 1 aliphatic heterocycles. The van der Waals surface area contributed by atoms with Gasteiger partial charge in [0, 0.05) is 11.6 Å². The monoisotopic (exact) mass is 379 g/mol. The van der Waals surface area contributed by atoms with Crippen molar-refractivity contribution >= 4 is 35.1 Å². The summed E-state index contributed by atoms with van der Waals surface area (Å²) in [5, 5.41) is 0.549. The Morgan fingerprint density at radius 1 is 1.32 bits per heavy atom. The number of ether oxygens (including phenoxy) is 1. The van der Waals surface area contributed by atoms with Crippen molar-refractivity contribution in [3.63, 3.8) is 0 Å². The number of methoxy groups -OCH3 is 1. The van der Waals surface area contributed by atoms with Crippen molar-refractivity contribution in [1.82, 2.24) is 4.90 Å². The van der Waals surface area contributed by atoms with Crippen LogP contribution in [0.1, 0.15) is 35.7 Å². The maximum absolute atomic E-state index is 12.9. The van der Waals surface area contributed by atoms with Crippen LogP contribution in [0.2, 0.25) is 10.0 Å². The van der Waals surface area contributed by atoms with Gasteiger partial charge < -0.3 is 9.64 Å². The Kier molecular flexibility index (Phi) is 5.21. The van der Waals surface area contributed by atoms with E-state index in [4.69, 9.17) is 27.9 Å². The molecule has 3 rings (SSSR count). The molecular weight excluding hydrogens is 361 g/mol. The molecule has 1 atom stereocenters. The first-order valence-corrected chi connectivity index (χ1v) is 8.92. The Bertz CT molecular complexity index is 798. The van der Waals surface area contributed by atoms with Crippen LogP contribution in [0.3, 0.4) is 0 Å². The van der Waals surface area contributed by atoms with Crippen molar-refractivity contribution < 1.29 is 14.3 Å². The molecule has 25 heavy (non-hydrogen) atoms. The van der Waals surface area contributed by atoms with Crippen LogP contribution in [0, 0.1) is 0 Å².